The maximum atomic E-state index is 12.5. The minimum absolute atomic E-state index is 0.00709. The number of carboxylic acids is 1. The zero-order valence-corrected chi connectivity index (χ0v) is 26.8. The van der Waals surface area contributed by atoms with Crippen molar-refractivity contribution in [2.24, 2.45) is 0 Å². The van der Waals surface area contributed by atoms with Crippen LogP contribution in [0.15, 0.2) is 54.6 Å². The van der Waals surface area contributed by atoms with E-state index in [-0.39, 0.29) is 50.6 Å². The van der Waals surface area contributed by atoms with Gasteiger partial charge in [-0.2, -0.15) is 0 Å². The lowest BCUT2D eigenvalue weighted by atomic mass is 10.0. The molecule has 1 saturated heterocycles. The summed E-state index contributed by atoms with van der Waals surface area (Å²) in [5.41, 5.74) is 0.384. The summed E-state index contributed by atoms with van der Waals surface area (Å²) in [6.07, 6.45) is 0.762. The highest BCUT2D eigenvalue weighted by Crippen LogP contribution is 2.22. The number of aliphatic hydroxyl groups is 5. The molecular formula is C34H46N2O12. The number of terminal acetylenes is 1. The molecule has 2 aromatic rings. The molecule has 1 heterocycles. The fourth-order valence-corrected chi connectivity index (χ4v) is 4.62. The molecule has 1 fully saturated rings. The van der Waals surface area contributed by atoms with E-state index in [1.54, 1.807) is 36.4 Å². The maximum Gasteiger partial charge on any atom is 0.332 e. The third kappa shape index (κ3) is 15.2. The van der Waals surface area contributed by atoms with Crippen molar-refractivity contribution in [1.82, 2.24) is 10.6 Å². The zero-order valence-electron chi connectivity index (χ0n) is 26.8. The molecule has 1 aliphatic rings. The van der Waals surface area contributed by atoms with Gasteiger partial charge in [-0.3, -0.25) is 9.59 Å². The molecule has 14 nitrogen and oxygen atoms in total. The average molecular weight is 675 g/mol. The van der Waals surface area contributed by atoms with Gasteiger partial charge in [-0.05, 0) is 56.0 Å². The number of hydrogen-bond acceptors (Lipinski definition) is 11. The van der Waals surface area contributed by atoms with Crippen molar-refractivity contribution in [2.45, 2.75) is 88.3 Å². The second-order valence-electron chi connectivity index (χ2n) is 11.1. The van der Waals surface area contributed by atoms with Crippen LogP contribution in [-0.2, 0) is 19.1 Å². The monoisotopic (exact) mass is 674 g/mol. The number of rotatable bonds is 17. The highest BCUT2D eigenvalue weighted by molar-refractivity contribution is 5.94. The topological polar surface area (TPSA) is 224 Å². The Hall–Kier alpha value is -4.07. The van der Waals surface area contributed by atoms with Gasteiger partial charge in [0.2, 0.25) is 5.91 Å². The Labute approximate surface area is 279 Å². The molecule has 264 valence electrons. The number of nitrogens with one attached hydrogen (secondary N) is 2. The van der Waals surface area contributed by atoms with Crippen LogP contribution in [0, 0.1) is 12.3 Å². The van der Waals surface area contributed by atoms with Gasteiger partial charge in [0.05, 0.1) is 25.4 Å². The van der Waals surface area contributed by atoms with Crippen LogP contribution in [0.2, 0.25) is 0 Å². The minimum Gasteiger partial charge on any atom is -0.479 e. The predicted molar refractivity (Wildman–Crippen MR) is 173 cm³/mol. The number of carbonyl (C=O) groups is 3. The second-order valence-corrected chi connectivity index (χ2v) is 11.1. The molecular weight excluding hydrogens is 628 g/mol. The SMILES string of the molecule is C#CCCOC1CC(O)C(O)C(CO)O1.CC(=O)NC(CCC(O)CNC(=O)c1cccc(Oc2ccccc2)c1)CCC(O)C(=O)O. The first-order valence-corrected chi connectivity index (χ1v) is 15.6. The van der Waals surface area contributed by atoms with Gasteiger partial charge in [0.15, 0.2) is 12.4 Å². The fraction of sp³-hybridized carbons (Fsp3) is 0.500. The van der Waals surface area contributed by atoms with E-state index in [9.17, 15) is 34.8 Å². The summed E-state index contributed by atoms with van der Waals surface area (Å²) in [6, 6.07) is 15.5. The number of amides is 2. The van der Waals surface area contributed by atoms with E-state index in [1.165, 1.54) is 6.92 Å². The molecule has 48 heavy (non-hydrogen) atoms. The maximum absolute atomic E-state index is 12.5. The molecule has 2 amide bonds. The van der Waals surface area contributed by atoms with Crippen LogP contribution in [0.4, 0.5) is 0 Å². The summed E-state index contributed by atoms with van der Waals surface area (Å²) in [4.78, 5) is 34.6. The van der Waals surface area contributed by atoms with Crippen LogP contribution in [0.5, 0.6) is 11.5 Å². The summed E-state index contributed by atoms with van der Waals surface area (Å²) in [7, 11) is 0. The predicted octanol–water partition coefficient (Wildman–Crippen LogP) is 0.936. The van der Waals surface area contributed by atoms with Crippen LogP contribution in [0.25, 0.3) is 0 Å². The molecule has 7 unspecified atom stereocenters. The van der Waals surface area contributed by atoms with Crippen molar-refractivity contribution in [2.75, 3.05) is 19.8 Å². The fourth-order valence-electron chi connectivity index (χ4n) is 4.62. The third-order valence-corrected chi connectivity index (χ3v) is 7.17. The summed E-state index contributed by atoms with van der Waals surface area (Å²) < 4.78 is 16.2. The Bertz CT molecular complexity index is 1300. The van der Waals surface area contributed by atoms with Crippen molar-refractivity contribution in [3.63, 3.8) is 0 Å². The summed E-state index contributed by atoms with van der Waals surface area (Å²) in [6.45, 7) is 1.33. The van der Waals surface area contributed by atoms with Gasteiger partial charge in [-0.25, -0.2) is 4.79 Å². The number of carboxylic acid groups (broad SMARTS) is 1. The molecule has 8 N–H and O–H groups in total. The Morgan fingerprint density at radius 1 is 1.02 bits per heavy atom. The first-order valence-electron chi connectivity index (χ1n) is 15.6. The number of para-hydroxylation sites is 1. The summed E-state index contributed by atoms with van der Waals surface area (Å²) in [5.74, 6) is 1.60. The smallest absolute Gasteiger partial charge is 0.332 e. The van der Waals surface area contributed by atoms with E-state index in [0.717, 1.165) is 0 Å². The van der Waals surface area contributed by atoms with Crippen LogP contribution in [0.3, 0.4) is 0 Å². The standard InChI is InChI=1S/C24H30N2O7.C10H16O5/c1-16(27)26-18(11-13-22(29)24(31)32)10-12-19(28)15-25-23(30)17-6-5-9-21(14-17)33-20-7-3-2-4-8-20;1-2-3-4-14-9-5-7(12)10(13)8(6-11)15-9/h2-9,14,18-19,22,28-29H,10-13,15H2,1H3,(H,25,30)(H,26,27)(H,31,32);1,7-13H,3-6H2. The Morgan fingerprint density at radius 3 is 2.35 bits per heavy atom. The largest absolute Gasteiger partial charge is 0.479 e. The highest BCUT2D eigenvalue weighted by atomic mass is 16.7. The van der Waals surface area contributed by atoms with Gasteiger partial charge in [-0.15, -0.1) is 12.3 Å². The molecule has 2 aromatic carbocycles. The van der Waals surface area contributed by atoms with Crippen LogP contribution in [-0.4, -0.2) is 111 Å². The lowest BCUT2D eigenvalue weighted by molar-refractivity contribution is -0.256. The van der Waals surface area contributed by atoms with Crippen molar-refractivity contribution in [3.8, 4) is 23.8 Å². The first-order chi connectivity index (χ1) is 22.9. The molecule has 1 aliphatic heterocycles. The zero-order chi connectivity index (χ0) is 35.5. The number of aliphatic carboxylic acids is 1. The summed E-state index contributed by atoms with van der Waals surface area (Å²) in [5, 5.41) is 61.5. The van der Waals surface area contributed by atoms with Crippen molar-refractivity contribution in [3.05, 3.63) is 60.2 Å². The molecule has 0 aromatic heterocycles. The van der Waals surface area contributed by atoms with E-state index in [0.29, 0.717) is 36.5 Å². The lowest BCUT2D eigenvalue weighted by Gasteiger charge is -2.35. The molecule has 3 rings (SSSR count). The Balaban J connectivity index is 0.000000444. The third-order valence-electron chi connectivity index (χ3n) is 7.17. The van der Waals surface area contributed by atoms with Crippen molar-refractivity contribution >= 4 is 17.8 Å². The Morgan fingerprint density at radius 2 is 1.71 bits per heavy atom. The highest BCUT2D eigenvalue weighted by Gasteiger charge is 2.36. The van der Waals surface area contributed by atoms with E-state index in [4.69, 9.17) is 30.8 Å². The number of aliphatic hydroxyl groups excluding tert-OH is 5. The minimum atomic E-state index is -1.51. The summed E-state index contributed by atoms with van der Waals surface area (Å²) >= 11 is 0. The van der Waals surface area contributed by atoms with Crippen LogP contribution >= 0.6 is 0 Å². The van der Waals surface area contributed by atoms with Crippen LogP contribution in [0.1, 0.15) is 55.8 Å². The lowest BCUT2D eigenvalue weighted by Crippen LogP contribution is -2.50. The van der Waals surface area contributed by atoms with Crippen molar-refractivity contribution in [1.29, 1.82) is 0 Å². The van der Waals surface area contributed by atoms with Crippen molar-refractivity contribution < 1.29 is 59.2 Å². The Kier molecular flexibility index (Phi) is 18.2. The number of benzene rings is 2. The van der Waals surface area contributed by atoms with Gasteiger partial charge >= 0.3 is 5.97 Å². The molecule has 0 spiro atoms. The van der Waals surface area contributed by atoms with Gasteiger partial charge in [-0.1, -0.05) is 24.3 Å². The van der Waals surface area contributed by atoms with Gasteiger partial charge in [0.1, 0.15) is 23.7 Å². The van der Waals surface area contributed by atoms with E-state index < -0.39 is 48.8 Å². The van der Waals surface area contributed by atoms with E-state index >= 15 is 0 Å². The molecule has 0 aliphatic carbocycles. The number of ether oxygens (including phenoxy) is 3. The van der Waals surface area contributed by atoms with E-state index in [1.807, 2.05) is 18.2 Å². The van der Waals surface area contributed by atoms with Crippen LogP contribution < -0.4 is 15.4 Å². The first kappa shape index (κ1) is 40.1. The van der Waals surface area contributed by atoms with Gasteiger partial charge < -0.3 is 55.5 Å². The molecule has 14 heteroatoms. The molecule has 7 atom stereocenters. The normalized spacial score (nSPS) is 20.5. The molecule has 0 saturated carbocycles. The molecule has 0 bridgehead atoms. The number of hydrogen-bond donors (Lipinski definition) is 8. The molecule has 0 radical (unpaired) electrons. The van der Waals surface area contributed by atoms with Gasteiger partial charge in [0.25, 0.3) is 5.91 Å². The quantitative estimate of drug-likeness (QED) is 0.0867. The van der Waals surface area contributed by atoms with E-state index in [2.05, 4.69) is 16.6 Å². The second kappa shape index (κ2) is 21.7. The average Bonchev–Trinajstić information content (AvgIpc) is 3.06. The number of carbonyl (C=O) groups excluding carboxylic acids is 2. The van der Waals surface area contributed by atoms with Gasteiger partial charge in [0, 0.05) is 37.9 Å².